The van der Waals surface area contributed by atoms with Gasteiger partial charge in [-0.1, -0.05) is 17.7 Å². The maximum absolute atomic E-state index is 14.1. The Bertz CT molecular complexity index is 1090. The molecule has 0 atom stereocenters. The van der Waals surface area contributed by atoms with E-state index in [4.69, 9.17) is 25.8 Å². The van der Waals surface area contributed by atoms with Crippen LogP contribution in [0.5, 0.6) is 5.75 Å². The second-order valence-electron chi connectivity index (χ2n) is 7.90. The molecule has 2 aromatic carbocycles. The van der Waals surface area contributed by atoms with Crippen LogP contribution < -0.4 is 15.0 Å². The van der Waals surface area contributed by atoms with E-state index in [1.807, 2.05) is 5.32 Å². The van der Waals surface area contributed by atoms with Crippen LogP contribution in [-0.2, 0) is 14.3 Å². The van der Waals surface area contributed by atoms with Gasteiger partial charge >= 0.3 is 18.0 Å². The Hall–Kier alpha value is -3.66. The molecule has 0 aromatic heterocycles. The van der Waals surface area contributed by atoms with Crippen LogP contribution in [0, 0.1) is 5.82 Å². The molecule has 2 rings (SSSR count). The molecule has 0 fully saturated rings. The fourth-order valence-electron chi connectivity index (χ4n) is 2.85. The van der Waals surface area contributed by atoms with E-state index >= 15 is 0 Å². The highest BCUT2D eigenvalue weighted by Gasteiger charge is 2.27. The van der Waals surface area contributed by atoms with E-state index in [-0.39, 0.29) is 22.0 Å². The van der Waals surface area contributed by atoms with Crippen LogP contribution in [0.1, 0.15) is 41.5 Å². The number of nitrogens with one attached hydrogen (secondary N) is 1. The molecule has 0 saturated heterocycles. The molecule has 0 aliphatic rings. The standard InChI is InChI=1S/C23H24ClFN2O7/c1-23(2,3)34-18(28)12-27(13-9-10-14(21(30)33-5)17(11-13)32-4)22(31)26-20(29)19-15(24)7-6-8-16(19)25/h6-11H,12H2,1-5H3,(H,26,29,31). The average Bonchev–Trinajstić information content (AvgIpc) is 2.75. The third-order valence-corrected chi connectivity index (χ3v) is 4.58. The van der Waals surface area contributed by atoms with Crippen molar-refractivity contribution in [1.82, 2.24) is 5.32 Å². The van der Waals surface area contributed by atoms with Gasteiger partial charge in [0.05, 0.1) is 24.8 Å². The minimum Gasteiger partial charge on any atom is -0.496 e. The van der Waals surface area contributed by atoms with E-state index in [1.54, 1.807) is 20.8 Å². The third kappa shape index (κ3) is 6.67. The molecule has 34 heavy (non-hydrogen) atoms. The predicted octanol–water partition coefficient (Wildman–Crippen LogP) is 3.97. The van der Waals surface area contributed by atoms with Gasteiger partial charge in [-0.25, -0.2) is 14.0 Å². The number of hydrogen-bond donors (Lipinski definition) is 1. The molecular formula is C23H24ClFN2O7. The van der Waals surface area contributed by atoms with Crippen LogP contribution in [0.15, 0.2) is 36.4 Å². The van der Waals surface area contributed by atoms with Gasteiger partial charge < -0.3 is 14.2 Å². The number of urea groups is 1. The first-order chi connectivity index (χ1) is 15.9. The number of carbonyl (C=O) groups is 4. The Morgan fingerprint density at radius 2 is 1.76 bits per heavy atom. The molecule has 0 bridgehead atoms. The molecule has 0 radical (unpaired) electrons. The largest absolute Gasteiger partial charge is 0.496 e. The van der Waals surface area contributed by atoms with Crippen molar-refractivity contribution in [2.75, 3.05) is 25.7 Å². The Morgan fingerprint density at radius 3 is 2.32 bits per heavy atom. The van der Waals surface area contributed by atoms with Crippen molar-refractivity contribution in [3.63, 3.8) is 0 Å². The number of halogens is 2. The number of esters is 2. The lowest BCUT2D eigenvalue weighted by molar-refractivity contribution is -0.152. The van der Waals surface area contributed by atoms with Crippen LogP contribution in [0.2, 0.25) is 5.02 Å². The summed E-state index contributed by atoms with van der Waals surface area (Å²) in [5.41, 5.74) is -1.23. The Morgan fingerprint density at radius 1 is 1.09 bits per heavy atom. The zero-order chi connectivity index (χ0) is 25.6. The fourth-order valence-corrected chi connectivity index (χ4v) is 3.10. The number of hydrogen-bond acceptors (Lipinski definition) is 7. The van der Waals surface area contributed by atoms with Crippen molar-refractivity contribution in [3.8, 4) is 5.75 Å². The summed E-state index contributed by atoms with van der Waals surface area (Å²) in [6.45, 7) is 4.33. The number of amides is 3. The van der Waals surface area contributed by atoms with Gasteiger partial charge in [0.2, 0.25) is 0 Å². The molecule has 0 unspecified atom stereocenters. The number of imide groups is 1. The van der Waals surface area contributed by atoms with Crippen molar-refractivity contribution in [1.29, 1.82) is 0 Å². The van der Waals surface area contributed by atoms with E-state index in [2.05, 4.69) is 0 Å². The van der Waals surface area contributed by atoms with Crippen molar-refractivity contribution in [2.45, 2.75) is 26.4 Å². The third-order valence-electron chi connectivity index (χ3n) is 4.26. The van der Waals surface area contributed by atoms with Crippen molar-refractivity contribution >= 4 is 41.2 Å². The summed E-state index contributed by atoms with van der Waals surface area (Å²) in [7, 11) is 2.49. The lowest BCUT2D eigenvalue weighted by atomic mass is 10.1. The number of anilines is 1. The zero-order valence-electron chi connectivity index (χ0n) is 19.2. The van der Waals surface area contributed by atoms with Crippen LogP contribution >= 0.6 is 11.6 Å². The number of carbonyl (C=O) groups excluding carboxylic acids is 4. The number of ether oxygens (including phenoxy) is 3. The van der Waals surface area contributed by atoms with E-state index in [1.165, 1.54) is 44.6 Å². The van der Waals surface area contributed by atoms with Gasteiger partial charge in [-0.3, -0.25) is 19.8 Å². The maximum atomic E-state index is 14.1. The molecule has 2 aromatic rings. The monoisotopic (exact) mass is 494 g/mol. The molecule has 182 valence electrons. The highest BCUT2D eigenvalue weighted by Crippen LogP contribution is 2.27. The molecule has 11 heteroatoms. The molecule has 0 spiro atoms. The van der Waals surface area contributed by atoms with Crippen LogP contribution in [0.4, 0.5) is 14.9 Å². The second kappa shape index (κ2) is 11.0. The zero-order valence-corrected chi connectivity index (χ0v) is 20.0. The summed E-state index contributed by atoms with van der Waals surface area (Å²) in [5.74, 6) is -3.46. The van der Waals surface area contributed by atoms with Crippen LogP contribution in [-0.4, -0.2) is 50.2 Å². The number of methoxy groups -OCH3 is 2. The highest BCUT2D eigenvalue weighted by molar-refractivity contribution is 6.34. The maximum Gasteiger partial charge on any atom is 0.341 e. The molecule has 0 saturated carbocycles. The molecule has 9 nitrogen and oxygen atoms in total. The summed E-state index contributed by atoms with van der Waals surface area (Å²) in [6, 6.07) is 6.52. The lowest BCUT2D eigenvalue weighted by Gasteiger charge is -2.26. The second-order valence-corrected chi connectivity index (χ2v) is 8.31. The van der Waals surface area contributed by atoms with E-state index < -0.39 is 47.4 Å². The molecule has 0 aliphatic heterocycles. The van der Waals surface area contributed by atoms with Gasteiger partial charge in [0.15, 0.2) is 0 Å². The molecular weight excluding hydrogens is 471 g/mol. The predicted molar refractivity (Wildman–Crippen MR) is 122 cm³/mol. The minimum absolute atomic E-state index is 0.0508. The number of nitrogens with zero attached hydrogens (tertiary/aromatic N) is 1. The van der Waals surface area contributed by atoms with Gasteiger partial charge in [-0.2, -0.15) is 0 Å². The molecule has 0 heterocycles. The van der Waals surface area contributed by atoms with E-state index in [9.17, 15) is 23.6 Å². The van der Waals surface area contributed by atoms with Gasteiger partial charge in [0.25, 0.3) is 5.91 Å². The van der Waals surface area contributed by atoms with Crippen LogP contribution in [0.3, 0.4) is 0 Å². The smallest absolute Gasteiger partial charge is 0.341 e. The number of rotatable bonds is 6. The fraction of sp³-hybridized carbons (Fsp3) is 0.304. The van der Waals surface area contributed by atoms with Gasteiger partial charge in [0.1, 0.15) is 29.3 Å². The minimum atomic E-state index is -1.11. The number of benzene rings is 2. The quantitative estimate of drug-likeness (QED) is 0.605. The van der Waals surface area contributed by atoms with Gasteiger partial charge in [-0.15, -0.1) is 0 Å². The van der Waals surface area contributed by atoms with Crippen molar-refractivity contribution in [2.24, 2.45) is 0 Å². The first kappa shape index (κ1) is 26.6. The Labute approximate surface area is 200 Å². The molecule has 1 N–H and O–H groups in total. The first-order valence-corrected chi connectivity index (χ1v) is 10.3. The van der Waals surface area contributed by atoms with Crippen molar-refractivity contribution in [3.05, 3.63) is 58.4 Å². The van der Waals surface area contributed by atoms with Crippen molar-refractivity contribution < 1.29 is 37.8 Å². The Kier molecular flexibility index (Phi) is 8.58. The molecule has 3 amide bonds. The summed E-state index contributed by atoms with van der Waals surface area (Å²) in [4.78, 5) is 50.9. The van der Waals surface area contributed by atoms with Gasteiger partial charge in [-0.05, 0) is 45.0 Å². The SMILES string of the molecule is COC(=O)c1ccc(N(CC(=O)OC(C)(C)C)C(=O)NC(=O)c2c(F)cccc2Cl)cc1OC. The first-order valence-electron chi connectivity index (χ1n) is 9.93. The summed E-state index contributed by atoms with van der Waals surface area (Å²) >= 11 is 5.90. The topological polar surface area (TPSA) is 111 Å². The Balaban J connectivity index is 2.43. The highest BCUT2D eigenvalue weighted by atomic mass is 35.5. The summed E-state index contributed by atoms with van der Waals surface area (Å²) < 4.78 is 29.3. The van der Waals surface area contributed by atoms with Gasteiger partial charge in [0, 0.05) is 11.8 Å². The average molecular weight is 495 g/mol. The van der Waals surface area contributed by atoms with Crippen LogP contribution in [0.25, 0.3) is 0 Å². The lowest BCUT2D eigenvalue weighted by Crippen LogP contribution is -2.46. The van der Waals surface area contributed by atoms with E-state index in [0.717, 1.165) is 11.0 Å². The van der Waals surface area contributed by atoms with E-state index in [0.29, 0.717) is 0 Å². The normalized spacial score (nSPS) is 10.8. The molecule has 0 aliphatic carbocycles. The summed E-state index contributed by atoms with van der Waals surface area (Å²) in [5, 5.41) is 1.81. The summed E-state index contributed by atoms with van der Waals surface area (Å²) in [6.07, 6.45) is 0.